The minimum atomic E-state index is -0.0582. The van der Waals surface area contributed by atoms with Crippen LogP contribution in [0.4, 0.5) is 0 Å². The number of aryl methyl sites for hydroxylation is 1. The standard InChI is InChI=1S/C15H19N3OS/c1-3-13-14(20-18-17-13)15(19)16-10-9-11(2)12-7-5-4-6-8-12/h4-8,11H,3,9-10H2,1-2H3,(H,16,19)/t11-/m1/s1. The van der Waals surface area contributed by atoms with Crippen molar-refractivity contribution in [1.29, 1.82) is 0 Å². The molecule has 0 fully saturated rings. The minimum Gasteiger partial charge on any atom is -0.351 e. The Hall–Kier alpha value is -1.75. The third-order valence-electron chi connectivity index (χ3n) is 3.33. The third-order valence-corrected chi connectivity index (χ3v) is 4.10. The molecule has 1 amide bonds. The zero-order chi connectivity index (χ0) is 14.4. The van der Waals surface area contributed by atoms with Gasteiger partial charge in [0.1, 0.15) is 4.88 Å². The Bertz CT molecular complexity index is 553. The van der Waals surface area contributed by atoms with E-state index in [0.29, 0.717) is 17.3 Å². The van der Waals surface area contributed by atoms with Crippen molar-refractivity contribution in [3.8, 4) is 0 Å². The topological polar surface area (TPSA) is 54.9 Å². The first kappa shape index (κ1) is 14.7. The fourth-order valence-corrected chi connectivity index (χ4v) is 2.71. The van der Waals surface area contributed by atoms with Crippen LogP contribution < -0.4 is 5.32 Å². The quantitative estimate of drug-likeness (QED) is 0.889. The number of benzene rings is 1. The summed E-state index contributed by atoms with van der Waals surface area (Å²) in [7, 11) is 0. The third kappa shape index (κ3) is 3.63. The highest BCUT2D eigenvalue weighted by Gasteiger charge is 2.14. The number of aromatic nitrogens is 2. The number of hydrogen-bond acceptors (Lipinski definition) is 4. The van der Waals surface area contributed by atoms with Crippen molar-refractivity contribution < 1.29 is 4.79 Å². The van der Waals surface area contributed by atoms with Crippen molar-refractivity contribution in [2.24, 2.45) is 0 Å². The van der Waals surface area contributed by atoms with Gasteiger partial charge in [-0.3, -0.25) is 4.79 Å². The van der Waals surface area contributed by atoms with Crippen molar-refractivity contribution in [3.05, 3.63) is 46.5 Å². The molecule has 5 heteroatoms. The molecular formula is C15H19N3OS. The molecule has 0 radical (unpaired) electrons. The highest BCUT2D eigenvalue weighted by atomic mass is 32.1. The lowest BCUT2D eigenvalue weighted by atomic mass is 9.98. The molecule has 0 aliphatic rings. The van der Waals surface area contributed by atoms with Gasteiger partial charge < -0.3 is 5.32 Å². The van der Waals surface area contributed by atoms with Gasteiger partial charge in [-0.1, -0.05) is 48.7 Å². The van der Waals surface area contributed by atoms with Crippen molar-refractivity contribution >= 4 is 17.4 Å². The summed E-state index contributed by atoms with van der Waals surface area (Å²) in [5, 5.41) is 6.91. The van der Waals surface area contributed by atoms with Gasteiger partial charge in [-0.2, -0.15) is 0 Å². The van der Waals surface area contributed by atoms with Gasteiger partial charge in [0.2, 0.25) is 0 Å². The van der Waals surface area contributed by atoms with Crippen LogP contribution in [0.3, 0.4) is 0 Å². The number of rotatable bonds is 6. The number of nitrogens with one attached hydrogen (secondary N) is 1. The van der Waals surface area contributed by atoms with E-state index in [0.717, 1.165) is 30.1 Å². The second-order valence-electron chi connectivity index (χ2n) is 4.76. The van der Waals surface area contributed by atoms with Crippen molar-refractivity contribution in [2.75, 3.05) is 6.54 Å². The Morgan fingerprint density at radius 2 is 2.10 bits per heavy atom. The van der Waals surface area contributed by atoms with Gasteiger partial charge in [-0.15, -0.1) is 5.10 Å². The summed E-state index contributed by atoms with van der Waals surface area (Å²) < 4.78 is 3.84. The minimum absolute atomic E-state index is 0.0582. The first-order chi connectivity index (χ1) is 9.72. The lowest BCUT2D eigenvalue weighted by Crippen LogP contribution is -2.25. The first-order valence-electron chi connectivity index (χ1n) is 6.86. The maximum atomic E-state index is 12.0. The lowest BCUT2D eigenvalue weighted by Gasteiger charge is -2.12. The molecule has 1 aromatic heterocycles. The number of amides is 1. The average Bonchev–Trinajstić information content (AvgIpc) is 2.96. The van der Waals surface area contributed by atoms with Gasteiger partial charge in [-0.05, 0) is 35.9 Å². The molecule has 1 atom stereocenters. The molecule has 1 aromatic carbocycles. The van der Waals surface area contributed by atoms with Crippen LogP contribution >= 0.6 is 11.5 Å². The largest absolute Gasteiger partial charge is 0.351 e. The van der Waals surface area contributed by atoms with Crippen LogP contribution in [0.5, 0.6) is 0 Å². The Morgan fingerprint density at radius 1 is 1.35 bits per heavy atom. The highest BCUT2D eigenvalue weighted by Crippen LogP contribution is 2.18. The molecule has 2 rings (SSSR count). The van der Waals surface area contributed by atoms with Crippen LogP contribution in [-0.2, 0) is 6.42 Å². The van der Waals surface area contributed by atoms with E-state index in [1.165, 1.54) is 5.56 Å². The predicted molar refractivity (Wildman–Crippen MR) is 81.1 cm³/mol. The molecule has 0 spiro atoms. The van der Waals surface area contributed by atoms with Crippen LogP contribution in [0, 0.1) is 0 Å². The SMILES string of the molecule is CCc1nnsc1C(=O)NCC[C@@H](C)c1ccccc1. The first-order valence-corrected chi connectivity index (χ1v) is 7.64. The second kappa shape index (κ2) is 7.14. The summed E-state index contributed by atoms with van der Waals surface area (Å²) >= 11 is 1.16. The number of hydrogen-bond donors (Lipinski definition) is 1. The fraction of sp³-hybridized carbons (Fsp3) is 0.400. The lowest BCUT2D eigenvalue weighted by molar-refractivity contribution is 0.0955. The number of carbonyl (C=O) groups excluding carboxylic acids is 1. The molecule has 0 saturated carbocycles. The number of carbonyl (C=O) groups is 1. The highest BCUT2D eigenvalue weighted by molar-refractivity contribution is 7.08. The second-order valence-corrected chi connectivity index (χ2v) is 5.51. The molecule has 0 aliphatic carbocycles. The van der Waals surface area contributed by atoms with Crippen molar-refractivity contribution in [1.82, 2.24) is 14.9 Å². The van der Waals surface area contributed by atoms with Gasteiger partial charge in [0.05, 0.1) is 5.69 Å². The van der Waals surface area contributed by atoms with Crippen LogP contribution in [0.1, 0.15) is 47.1 Å². The van der Waals surface area contributed by atoms with Gasteiger partial charge >= 0.3 is 0 Å². The Kier molecular flexibility index (Phi) is 5.24. The van der Waals surface area contributed by atoms with E-state index in [1.54, 1.807) is 0 Å². The maximum absolute atomic E-state index is 12.0. The van der Waals surface area contributed by atoms with E-state index in [1.807, 2.05) is 25.1 Å². The zero-order valence-corrected chi connectivity index (χ0v) is 12.6. The molecule has 0 bridgehead atoms. The summed E-state index contributed by atoms with van der Waals surface area (Å²) in [6.07, 6.45) is 1.66. The summed E-state index contributed by atoms with van der Waals surface area (Å²) in [4.78, 5) is 12.7. The van der Waals surface area contributed by atoms with E-state index in [2.05, 4.69) is 34.0 Å². The van der Waals surface area contributed by atoms with E-state index >= 15 is 0 Å². The van der Waals surface area contributed by atoms with E-state index in [4.69, 9.17) is 0 Å². The van der Waals surface area contributed by atoms with E-state index in [9.17, 15) is 4.79 Å². The molecule has 4 nitrogen and oxygen atoms in total. The molecule has 0 saturated heterocycles. The van der Waals surface area contributed by atoms with Crippen LogP contribution in [0.2, 0.25) is 0 Å². The Morgan fingerprint density at radius 3 is 2.80 bits per heavy atom. The maximum Gasteiger partial charge on any atom is 0.264 e. The van der Waals surface area contributed by atoms with Crippen molar-refractivity contribution in [3.63, 3.8) is 0 Å². The number of nitrogens with zero attached hydrogens (tertiary/aromatic N) is 2. The normalized spacial score (nSPS) is 12.1. The molecule has 0 aliphatic heterocycles. The zero-order valence-electron chi connectivity index (χ0n) is 11.8. The molecule has 106 valence electrons. The average molecular weight is 289 g/mol. The van der Waals surface area contributed by atoms with Crippen molar-refractivity contribution in [2.45, 2.75) is 32.6 Å². The summed E-state index contributed by atoms with van der Waals surface area (Å²) in [5.74, 6) is 0.374. The monoisotopic (exact) mass is 289 g/mol. The van der Waals surface area contributed by atoms with E-state index in [-0.39, 0.29) is 5.91 Å². The van der Waals surface area contributed by atoms with E-state index < -0.39 is 0 Å². The molecule has 2 aromatic rings. The molecule has 1 N–H and O–H groups in total. The van der Waals surface area contributed by atoms with Crippen LogP contribution in [0.25, 0.3) is 0 Å². The van der Waals surface area contributed by atoms with Crippen LogP contribution in [0.15, 0.2) is 30.3 Å². The van der Waals surface area contributed by atoms with Gasteiger partial charge in [-0.25, -0.2) is 0 Å². The molecule has 1 heterocycles. The van der Waals surface area contributed by atoms with Gasteiger partial charge in [0.15, 0.2) is 0 Å². The van der Waals surface area contributed by atoms with Gasteiger partial charge in [0, 0.05) is 6.54 Å². The summed E-state index contributed by atoms with van der Waals surface area (Å²) in [6.45, 7) is 4.81. The Labute approximate surface area is 123 Å². The predicted octanol–water partition coefficient (Wildman–Crippen LogP) is 3.02. The summed E-state index contributed by atoms with van der Waals surface area (Å²) in [5.41, 5.74) is 2.08. The Balaban J connectivity index is 1.83. The molecular weight excluding hydrogens is 270 g/mol. The summed E-state index contributed by atoms with van der Waals surface area (Å²) in [6, 6.07) is 10.3. The molecule has 20 heavy (non-hydrogen) atoms. The van der Waals surface area contributed by atoms with Gasteiger partial charge in [0.25, 0.3) is 5.91 Å². The fourth-order valence-electron chi connectivity index (χ4n) is 2.04. The molecule has 0 unspecified atom stereocenters. The van der Waals surface area contributed by atoms with Crippen LogP contribution in [-0.4, -0.2) is 22.0 Å². The smallest absolute Gasteiger partial charge is 0.264 e.